The van der Waals surface area contributed by atoms with Gasteiger partial charge in [0.25, 0.3) is 0 Å². The molecule has 0 aliphatic carbocycles. The first-order valence-electron chi connectivity index (χ1n) is 14.4. The molecule has 34 heavy (non-hydrogen) atoms. The molecule has 5 nitrogen and oxygen atoms in total. The van der Waals surface area contributed by atoms with E-state index in [-0.39, 0.29) is 25.2 Å². The van der Waals surface area contributed by atoms with Crippen LogP contribution in [0.15, 0.2) is 0 Å². The van der Waals surface area contributed by atoms with Gasteiger partial charge >= 0.3 is 11.9 Å². The van der Waals surface area contributed by atoms with Crippen LogP contribution in [-0.2, 0) is 19.1 Å². The lowest BCUT2D eigenvalue weighted by Gasteiger charge is -2.12. The Bertz CT molecular complexity index is 463. The van der Waals surface area contributed by atoms with Crippen molar-refractivity contribution in [2.75, 3.05) is 13.2 Å². The summed E-state index contributed by atoms with van der Waals surface area (Å²) in [6.07, 6.45) is 21.6. The third-order valence-corrected chi connectivity index (χ3v) is 6.27. The average Bonchev–Trinajstić information content (AvgIpc) is 2.81. The fourth-order valence-electron chi connectivity index (χ4n) is 4.03. The van der Waals surface area contributed by atoms with Gasteiger partial charge in [-0.1, -0.05) is 124 Å². The zero-order chi connectivity index (χ0) is 25.3. The summed E-state index contributed by atoms with van der Waals surface area (Å²) in [4.78, 5) is 23.5. The minimum Gasteiger partial charge on any atom is -0.463 e. The summed E-state index contributed by atoms with van der Waals surface area (Å²) in [6, 6.07) is 0. The first kappa shape index (κ1) is 32.9. The second-order valence-electron chi connectivity index (χ2n) is 10.4. The topological polar surface area (TPSA) is 72.8 Å². The van der Waals surface area contributed by atoms with Gasteiger partial charge in [-0.15, -0.1) is 0 Å². The van der Waals surface area contributed by atoms with Crippen LogP contribution in [0.5, 0.6) is 0 Å². The largest absolute Gasteiger partial charge is 0.463 e. The Morgan fingerprint density at radius 1 is 0.588 bits per heavy atom. The first-order chi connectivity index (χ1) is 16.5. The zero-order valence-corrected chi connectivity index (χ0v) is 22.8. The van der Waals surface area contributed by atoms with Gasteiger partial charge in [0.1, 0.15) is 19.3 Å². The summed E-state index contributed by atoms with van der Waals surface area (Å²) < 4.78 is 10.2. The van der Waals surface area contributed by atoms with Crippen LogP contribution < -0.4 is 0 Å². The van der Waals surface area contributed by atoms with Gasteiger partial charge in [-0.05, 0) is 18.8 Å². The van der Waals surface area contributed by atoms with Crippen LogP contribution in [0.3, 0.4) is 0 Å². The van der Waals surface area contributed by atoms with Crippen molar-refractivity contribution < 1.29 is 24.2 Å². The summed E-state index contributed by atoms with van der Waals surface area (Å²) in [7, 11) is 0. The molecule has 0 aliphatic rings. The molecule has 0 heterocycles. The van der Waals surface area contributed by atoms with E-state index in [9.17, 15) is 14.7 Å². The maximum atomic E-state index is 11.8. The number of unbranched alkanes of at least 4 members (excludes halogenated alkanes) is 15. The molecule has 1 atom stereocenters. The summed E-state index contributed by atoms with van der Waals surface area (Å²) in [5.41, 5.74) is 0. The number of carbonyl (C=O) groups excluding carboxylic acids is 2. The normalized spacial score (nSPS) is 12.1. The van der Waals surface area contributed by atoms with Crippen LogP contribution in [-0.4, -0.2) is 36.4 Å². The standard InChI is InChI=1S/C29H56O5/c1-4-5-6-7-12-16-19-22-28(31)33-24-27(30)25-34-29(32)23-20-17-14-11-9-8-10-13-15-18-21-26(2)3/h26-27,30H,4-25H2,1-3H3/t27-/m1/s1. The van der Waals surface area contributed by atoms with E-state index in [1.807, 2.05) is 0 Å². The summed E-state index contributed by atoms with van der Waals surface area (Å²) in [5, 5.41) is 9.87. The number of hydrogen-bond acceptors (Lipinski definition) is 5. The molecule has 0 saturated carbocycles. The number of esters is 2. The van der Waals surface area contributed by atoms with Crippen molar-refractivity contribution in [1.82, 2.24) is 0 Å². The van der Waals surface area contributed by atoms with E-state index in [1.54, 1.807) is 0 Å². The molecule has 0 aromatic heterocycles. The third-order valence-electron chi connectivity index (χ3n) is 6.27. The molecule has 0 spiro atoms. The van der Waals surface area contributed by atoms with Gasteiger partial charge < -0.3 is 14.6 Å². The lowest BCUT2D eigenvalue weighted by atomic mass is 10.0. The highest BCUT2D eigenvalue weighted by atomic mass is 16.6. The van der Waals surface area contributed by atoms with Crippen molar-refractivity contribution in [2.45, 2.75) is 155 Å². The molecule has 5 heteroatoms. The Morgan fingerprint density at radius 2 is 0.941 bits per heavy atom. The first-order valence-corrected chi connectivity index (χ1v) is 14.4. The number of aliphatic hydroxyl groups is 1. The molecule has 1 N–H and O–H groups in total. The molecule has 0 radical (unpaired) electrons. The molecule has 0 unspecified atom stereocenters. The second kappa shape index (κ2) is 25.0. The number of hydrogen-bond donors (Lipinski definition) is 1. The van der Waals surface area contributed by atoms with Gasteiger partial charge in [-0.2, -0.15) is 0 Å². The Balaban J connectivity index is 3.42. The van der Waals surface area contributed by atoms with Crippen molar-refractivity contribution in [3.63, 3.8) is 0 Å². The molecule has 0 saturated heterocycles. The van der Waals surface area contributed by atoms with Gasteiger partial charge in [-0.25, -0.2) is 0 Å². The molecular formula is C29H56O5. The van der Waals surface area contributed by atoms with E-state index in [0.29, 0.717) is 12.8 Å². The maximum absolute atomic E-state index is 11.8. The van der Waals surface area contributed by atoms with Gasteiger partial charge in [0.15, 0.2) is 0 Å². The van der Waals surface area contributed by atoms with Gasteiger partial charge in [-0.3, -0.25) is 9.59 Å². The van der Waals surface area contributed by atoms with Crippen molar-refractivity contribution in [1.29, 1.82) is 0 Å². The lowest BCUT2D eigenvalue weighted by Crippen LogP contribution is -2.25. The Hall–Kier alpha value is -1.10. The monoisotopic (exact) mass is 484 g/mol. The Morgan fingerprint density at radius 3 is 1.32 bits per heavy atom. The molecule has 202 valence electrons. The van der Waals surface area contributed by atoms with Crippen molar-refractivity contribution in [2.24, 2.45) is 5.92 Å². The van der Waals surface area contributed by atoms with E-state index >= 15 is 0 Å². The predicted octanol–water partition coefficient (Wildman–Crippen LogP) is 7.91. The van der Waals surface area contributed by atoms with Crippen LogP contribution in [0, 0.1) is 5.92 Å². The lowest BCUT2D eigenvalue weighted by molar-refractivity contribution is -0.152. The van der Waals surface area contributed by atoms with E-state index in [4.69, 9.17) is 9.47 Å². The van der Waals surface area contributed by atoms with E-state index in [0.717, 1.165) is 44.4 Å². The average molecular weight is 485 g/mol. The van der Waals surface area contributed by atoms with Crippen LogP contribution in [0.1, 0.15) is 149 Å². The molecule has 0 fully saturated rings. The zero-order valence-electron chi connectivity index (χ0n) is 22.8. The summed E-state index contributed by atoms with van der Waals surface area (Å²) in [5.74, 6) is 0.260. The summed E-state index contributed by atoms with van der Waals surface area (Å²) >= 11 is 0. The van der Waals surface area contributed by atoms with Gasteiger partial charge in [0, 0.05) is 12.8 Å². The fourth-order valence-corrected chi connectivity index (χ4v) is 4.03. The number of rotatable bonds is 25. The van der Waals surface area contributed by atoms with Crippen molar-refractivity contribution in [3.8, 4) is 0 Å². The molecular weight excluding hydrogens is 428 g/mol. The Labute approximate surface area is 210 Å². The van der Waals surface area contributed by atoms with Crippen LogP contribution in [0.2, 0.25) is 0 Å². The van der Waals surface area contributed by atoms with E-state index < -0.39 is 6.10 Å². The highest BCUT2D eigenvalue weighted by molar-refractivity contribution is 5.69. The maximum Gasteiger partial charge on any atom is 0.305 e. The van der Waals surface area contributed by atoms with E-state index in [1.165, 1.54) is 77.0 Å². The third kappa shape index (κ3) is 25.5. The molecule has 0 aliphatic heterocycles. The van der Waals surface area contributed by atoms with E-state index in [2.05, 4.69) is 20.8 Å². The Kier molecular flexibility index (Phi) is 24.2. The SMILES string of the molecule is CCCCCCCCCC(=O)OC[C@@H](O)COC(=O)CCCCCCCCCCCCC(C)C. The minimum absolute atomic E-state index is 0.110. The van der Waals surface area contributed by atoms with Gasteiger partial charge in [0.05, 0.1) is 0 Å². The van der Waals surface area contributed by atoms with Gasteiger partial charge in [0.2, 0.25) is 0 Å². The minimum atomic E-state index is -0.952. The molecule has 0 aromatic carbocycles. The highest BCUT2D eigenvalue weighted by Gasteiger charge is 2.12. The van der Waals surface area contributed by atoms with Crippen LogP contribution >= 0.6 is 0 Å². The predicted molar refractivity (Wildman–Crippen MR) is 141 cm³/mol. The molecule has 0 aromatic rings. The second-order valence-corrected chi connectivity index (χ2v) is 10.4. The van der Waals surface area contributed by atoms with Crippen LogP contribution in [0.4, 0.5) is 0 Å². The highest BCUT2D eigenvalue weighted by Crippen LogP contribution is 2.14. The quantitative estimate of drug-likeness (QED) is 0.105. The fraction of sp³-hybridized carbons (Fsp3) is 0.931. The smallest absolute Gasteiger partial charge is 0.305 e. The van der Waals surface area contributed by atoms with Crippen LogP contribution in [0.25, 0.3) is 0 Å². The number of aliphatic hydroxyl groups excluding tert-OH is 1. The number of ether oxygens (including phenoxy) is 2. The summed E-state index contributed by atoms with van der Waals surface area (Å²) in [6.45, 7) is 6.56. The molecule has 0 amide bonds. The number of carbonyl (C=O) groups is 2. The van der Waals surface area contributed by atoms with Crippen molar-refractivity contribution in [3.05, 3.63) is 0 Å². The van der Waals surface area contributed by atoms with Crippen molar-refractivity contribution >= 4 is 11.9 Å². The molecule has 0 bridgehead atoms. The molecule has 0 rings (SSSR count).